The highest BCUT2D eigenvalue weighted by molar-refractivity contribution is 7.16. The fourth-order valence-electron chi connectivity index (χ4n) is 2.57. The van der Waals surface area contributed by atoms with Crippen molar-refractivity contribution in [2.24, 2.45) is 4.99 Å². The molecule has 7 heteroatoms. The summed E-state index contributed by atoms with van der Waals surface area (Å²) in [5, 5.41) is 16.9. The molecule has 2 rings (SSSR count). The molecular weight excluding hydrogens is 370 g/mol. The van der Waals surface area contributed by atoms with Gasteiger partial charge in [-0.1, -0.05) is 29.3 Å². The van der Waals surface area contributed by atoms with E-state index in [1.807, 2.05) is 25.1 Å². The van der Waals surface area contributed by atoms with Crippen LogP contribution in [0.25, 0.3) is 0 Å². The fourth-order valence-corrected chi connectivity index (χ4v) is 3.61. The molecule has 2 unspecified atom stereocenters. The van der Waals surface area contributed by atoms with Crippen LogP contribution in [0.3, 0.4) is 0 Å². The lowest BCUT2D eigenvalue weighted by molar-refractivity contribution is 0.191. The molecule has 0 fully saturated rings. The first-order valence-electron chi connectivity index (χ1n) is 8.57. The van der Waals surface area contributed by atoms with Crippen LogP contribution < -0.4 is 15.4 Å². The molecule has 0 aliphatic heterocycles. The zero-order valence-corrected chi connectivity index (χ0v) is 17.1. The predicted molar refractivity (Wildman–Crippen MR) is 110 cm³/mol. The van der Waals surface area contributed by atoms with Gasteiger partial charge in [-0.25, -0.2) is 0 Å². The molecule has 0 amide bonds. The number of halogens is 1. The SMILES string of the molecule is CCNC(=NCC(O)c1ccc(Cl)s1)NC(C)c1cc(C)ccc1OC. The third-order valence-electron chi connectivity index (χ3n) is 3.89. The molecule has 0 saturated heterocycles. The summed E-state index contributed by atoms with van der Waals surface area (Å²) in [4.78, 5) is 5.32. The Kier molecular flexibility index (Phi) is 7.75. The topological polar surface area (TPSA) is 65.9 Å². The number of nitrogens with zero attached hydrogens (tertiary/aromatic N) is 1. The lowest BCUT2D eigenvalue weighted by atomic mass is 10.0. The number of methoxy groups -OCH3 is 1. The molecule has 2 aromatic rings. The first kappa shape index (κ1) is 20.6. The Labute approximate surface area is 164 Å². The summed E-state index contributed by atoms with van der Waals surface area (Å²) in [6, 6.07) is 9.70. The third-order valence-corrected chi connectivity index (χ3v) is 5.23. The van der Waals surface area contributed by atoms with Gasteiger partial charge in [-0.05, 0) is 39.0 Å². The molecule has 0 bridgehead atoms. The van der Waals surface area contributed by atoms with E-state index in [0.717, 1.165) is 22.7 Å². The Morgan fingerprint density at radius 2 is 2.12 bits per heavy atom. The zero-order chi connectivity index (χ0) is 19.1. The Hall–Kier alpha value is -1.76. The minimum Gasteiger partial charge on any atom is -0.496 e. The number of ether oxygens (including phenoxy) is 1. The number of thiophene rings is 1. The van der Waals surface area contributed by atoms with Gasteiger partial charge in [-0.15, -0.1) is 11.3 Å². The molecule has 142 valence electrons. The number of hydrogen-bond acceptors (Lipinski definition) is 4. The quantitative estimate of drug-likeness (QED) is 0.488. The molecule has 26 heavy (non-hydrogen) atoms. The Morgan fingerprint density at radius 3 is 2.73 bits per heavy atom. The van der Waals surface area contributed by atoms with Crippen LogP contribution in [0.4, 0.5) is 0 Å². The molecule has 2 atom stereocenters. The second-order valence-corrected chi connectivity index (χ2v) is 7.74. The van der Waals surface area contributed by atoms with Crippen molar-refractivity contribution in [3.05, 3.63) is 50.7 Å². The standard InChI is InChI=1S/C19H26ClN3O2S/c1-5-21-19(22-11-15(24)17-8-9-18(20)26-17)23-13(3)14-10-12(2)6-7-16(14)25-4/h6-10,13,15,24H,5,11H2,1-4H3,(H2,21,22,23). The van der Waals surface area contributed by atoms with E-state index >= 15 is 0 Å². The fraction of sp³-hybridized carbons (Fsp3) is 0.421. The summed E-state index contributed by atoms with van der Waals surface area (Å²) < 4.78 is 6.13. The van der Waals surface area contributed by atoms with Gasteiger partial charge in [0.05, 0.1) is 24.0 Å². The predicted octanol–water partition coefficient (Wildman–Crippen LogP) is 4.07. The molecule has 0 aliphatic carbocycles. The van der Waals surface area contributed by atoms with E-state index in [9.17, 15) is 5.11 Å². The second kappa shape index (κ2) is 9.80. The monoisotopic (exact) mass is 395 g/mol. The third kappa shape index (κ3) is 5.62. The first-order chi connectivity index (χ1) is 12.4. The van der Waals surface area contributed by atoms with Crippen LogP contribution in [0.2, 0.25) is 4.34 Å². The summed E-state index contributed by atoms with van der Waals surface area (Å²) in [7, 11) is 1.67. The van der Waals surface area contributed by atoms with E-state index in [2.05, 4.69) is 35.5 Å². The summed E-state index contributed by atoms with van der Waals surface area (Å²) >= 11 is 7.30. The molecule has 1 aromatic heterocycles. The number of hydrogen-bond donors (Lipinski definition) is 3. The van der Waals surface area contributed by atoms with E-state index in [0.29, 0.717) is 10.3 Å². The molecule has 1 aromatic carbocycles. The number of nitrogens with one attached hydrogen (secondary N) is 2. The molecule has 0 saturated carbocycles. The molecule has 0 aliphatic rings. The Bertz CT molecular complexity index is 748. The number of guanidine groups is 1. The first-order valence-corrected chi connectivity index (χ1v) is 9.76. The molecule has 5 nitrogen and oxygen atoms in total. The summed E-state index contributed by atoms with van der Waals surface area (Å²) in [6.07, 6.45) is -0.674. The molecule has 0 spiro atoms. The average Bonchev–Trinajstić information content (AvgIpc) is 3.06. The van der Waals surface area contributed by atoms with Crippen LogP contribution >= 0.6 is 22.9 Å². The Balaban J connectivity index is 2.10. The van der Waals surface area contributed by atoms with Gasteiger partial charge in [0.25, 0.3) is 0 Å². The number of benzene rings is 1. The average molecular weight is 396 g/mol. The maximum Gasteiger partial charge on any atom is 0.191 e. The maximum atomic E-state index is 10.3. The second-order valence-electron chi connectivity index (χ2n) is 5.99. The maximum absolute atomic E-state index is 10.3. The van der Waals surface area contributed by atoms with Crippen molar-refractivity contribution in [1.29, 1.82) is 0 Å². The number of aliphatic hydroxyl groups is 1. The summed E-state index contributed by atoms with van der Waals surface area (Å²) in [6.45, 7) is 7.09. The van der Waals surface area contributed by atoms with Crippen LogP contribution in [-0.2, 0) is 0 Å². The van der Waals surface area contributed by atoms with Crippen molar-refractivity contribution in [3.63, 3.8) is 0 Å². The van der Waals surface area contributed by atoms with E-state index in [-0.39, 0.29) is 12.6 Å². The number of aliphatic imine (C=N–C) groups is 1. The van der Waals surface area contributed by atoms with Gasteiger partial charge in [0, 0.05) is 17.0 Å². The van der Waals surface area contributed by atoms with Crippen molar-refractivity contribution in [2.45, 2.75) is 32.9 Å². The van der Waals surface area contributed by atoms with Gasteiger partial charge in [-0.3, -0.25) is 4.99 Å². The molecule has 3 N–H and O–H groups in total. The van der Waals surface area contributed by atoms with Crippen LogP contribution in [0.5, 0.6) is 5.75 Å². The van der Waals surface area contributed by atoms with E-state index < -0.39 is 6.10 Å². The highest BCUT2D eigenvalue weighted by Gasteiger charge is 2.14. The van der Waals surface area contributed by atoms with Gasteiger partial charge in [0.1, 0.15) is 11.9 Å². The van der Waals surface area contributed by atoms with Crippen molar-refractivity contribution in [1.82, 2.24) is 10.6 Å². The highest BCUT2D eigenvalue weighted by atomic mass is 35.5. The van der Waals surface area contributed by atoms with Crippen LogP contribution in [0.1, 0.15) is 42.0 Å². The highest BCUT2D eigenvalue weighted by Crippen LogP contribution is 2.27. The lowest BCUT2D eigenvalue weighted by Gasteiger charge is -2.21. The number of rotatable bonds is 7. The van der Waals surface area contributed by atoms with Crippen molar-refractivity contribution in [3.8, 4) is 5.75 Å². The Morgan fingerprint density at radius 1 is 1.35 bits per heavy atom. The normalized spacial score (nSPS) is 14.0. The number of aliphatic hydroxyl groups excluding tert-OH is 1. The smallest absolute Gasteiger partial charge is 0.191 e. The van der Waals surface area contributed by atoms with Crippen LogP contribution in [-0.4, -0.2) is 31.3 Å². The van der Waals surface area contributed by atoms with Gasteiger partial charge in [0.15, 0.2) is 5.96 Å². The molecule has 1 heterocycles. The van der Waals surface area contributed by atoms with E-state index in [1.165, 1.54) is 16.9 Å². The lowest BCUT2D eigenvalue weighted by Crippen LogP contribution is -2.39. The van der Waals surface area contributed by atoms with E-state index in [1.54, 1.807) is 13.2 Å². The van der Waals surface area contributed by atoms with Gasteiger partial charge in [0.2, 0.25) is 0 Å². The summed E-state index contributed by atoms with van der Waals surface area (Å²) in [5.74, 6) is 1.48. The van der Waals surface area contributed by atoms with Crippen molar-refractivity contribution >= 4 is 28.9 Å². The number of aryl methyl sites for hydroxylation is 1. The van der Waals surface area contributed by atoms with Crippen LogP contribution in [0, 0.1) is 6.92 Å². The summed E-state index contributed by atoms with van der Waals surface area (Å²) in [5.41, 5.74) is 2.23. The van der Waals surface area contributed by atoms with Crippen molar-refractivity contribution < 1.29 is 9.84 Å². The van der Waals surface area contributed by atoms with Crippen LogP contribution in [0.15, 0.2) is 35.3 Å². The van der Waals surface area contributed by atoms with Crippen molar-refractivity contribution in [2.75, 3.05) is 20.2 Å². The van der Waals surface area contributed by atoms with Gasteiger partial charge < -0.3 is 20.5 Å². The van der Waals surface area contributed by atoms with E-state index in [4.69, 9.17) is 16.3 Å². The minimum atomic E-state index is -0.674. The largest absolute Gasteiger partial charge is 0.496 e. The molecular formula is C19H26ClN3O2S. The molecule has 0 radical (unpaired) electrons. The minimum absolute atomic E-state index is 0.00373. The van der Waals surface area contributed by atoms with Gasteiger partial charge >= 0.3 is 0 Å². The van der Waals surface area contributed by atoms with Gasteiger partial charge in [-0.2, -0.15) is 0 Å². The zero-order valence-electron chi connectivity index (χ0n) is 15.5.